The zero-order valence-corrected chi connectivity index (χ0v) is 24.1. The molecule has 0 fully saturated rings. The van der Waals surface area contributed by atoms with Crippen LogP contribution in [0, 0.1) is 0 Å². The summed E-state index contributed by atoms with van der Waals surface area (Å²) >= 11 is 0. The Morgan fingerprint density at radius 3 is 1.51 bits per heavy atom. The number of carbonyl (C=O) groups is 1. The van der Waals surface area contributed by atoms with E-state index in [4.69, 9.17) is 14.2 Å². The molecule has 0 radical (unpaired) electrons. The van der Waals surface area contributed by atoms with Crippen molar-refractivity contribution in [1.29, 1.82) is 0 Å². The molecule has 0 amide bonds. The van der Waals surface area contributed by atoms with Crippen LogP contribution in [0.1, 0.15) is 82.3 Å². The van der Waals surface area contributed by atoms with E-state index in [1.165, 1.54) is 12.1 Å². The molecule has 0 saturated carbocycles. The molecule has 4 nitrogen and oxygen atoms in total. The van der Waals surface area contributed by atoms with E-state index in [2.05, 4.69) is 0 Å². The van der Waals surface area contributed by atoms with E-state index in [9.17, 15) is 31.1 Å². The van der Waals surface area contributed by atoms with Gasteiger partial charge in [-0.2, -0.15) is 26.3 Å². The molecule has 0 N–H and O–H groups in total. The van der Waals surface area contributed by atoms with Gasteiger partial charge in [-0.1, -0.05) is 26.8 Å². The molecule has 0 saturated heterocycles. The average Bonchev–Trinajstić information content (AvgIpc) is 2.83. The maximum atomic E-state index is 13.7. The summed E-state index contributed by atoms with van der Waals surface area (Å²) in [5.41, 5.74) is -6.04. The molecule has 4 unspecified atom stereocenters. The Balaban J connectivity index is 0.00000760. The number of benzene rings is 2. The van der Waals surface area contributed by atoms with Crippen molar-refractivity contribution in [3.8, 4) is 17.2 Å². The van der Waals surface area contributed by atoms with Crippen LogP contribution >= 0.6 is 8.58 Å². The Labute approximate surface area is 239 Å². The smallest absolute Gasteiger partial charge is 0.490 e. The Hall–Kier alpha value is -1.88. The summed E-state index contributed by atoms with van der Waals surface area (Å²) in [6, 6.07) is 4.59. The van der Waals surface area contributed by atoms with E-state index in [-0.39, 0.29) is 54.0 Å². The fourth-order valence-corrected chi connectivity index (χ4v) is 4.43. The molecule has 2 aromatic rings. The molecule has 2 aromatic carbocycles. The number of hydrogen-bond acceptors (Lipinski definition) is 4. The van der Waals surface area contributed by atoms with Crippen LogP contribution < -0.4 is 38.4 Å². The summed E-state index contributed by atoms with van der Waals surface area (Å²) in [4.78, 5) is 13.3. The van der Waals surface area contributed by atoms with Gasteiger partial charge in [0.15, 0.2) is 5.52 Å². The molecule has 212 valence electrons. The second-order valence-electron chi connectivity index (χ2n) is 8.98. The van der Waals surface area contributed by atoms with Gasteiger partial charge in [0.25, 0.3) is 0 Å². The number of ether oxygens (including phenoxy) is 3. The van der Waals surface area contributed by atoms with Gasteiger partial charge in [-0.3, -0.25) is 4.79 Å². The third-order valence-corrected chi connectivity index (χ3v) is 7.12. The van der Waals surface area contributed by atoms with E-state index in [1.54, 1.807) is 13.8 Å². The first-order valence-corrected chi connectivity index (χ1v) is 13.4. The molecule has 39 heavy (non-hydrogen) atoms. The molecule has 12 heteroatoms. The summed E-state index contributed by atoms with van der Waals surface area (Å²) in [7, 11) is -1.15. The Bertz CT molecular complexity index is 1040. The summed E-state index contributed by atoms with van der Waals surface area (Å²) in [5, 5.41) is 0.0807. The Morgan fingerprint density at radius 2 is 1.15 bits per heavy atom. The molecule has 0 aromatic heterocycles. The van der Waals surface area contributed by atoms with Crippen LogP contribution in [0.4, 0.5) is 26.3 Å². The van der Waals surface area contributed by atoms with Crippen molar-refractivity contribution >= 4 is 19.4 Å². The van der Waals surface area contributed by atoms with Crippen LogP contribution in [0.15, 0.2) is 30.3 Å². The van der Waals surface area contributed by atoms with E-state index in [1.807, 2.05) is 27.7 Å². The van der Waals surface area contributed by atoms with Gasteiger partial charge < -0.3 is 14.2 Å². The first-order valence-electron chi connectivity index (χ1n) is 12.4. The normalized spacial score (nSPS) is 14.5. The minimum absolute atomic E-state index is 0. The fraction of sp³-hybridized carbons (Fsp3) is 0.519. The van der Waals surface area contributed by atoms with Gasteiger partial charge in [0.1, 0.15) is 17.2 Å². The van der Waals surface area contributed by atoms with Crippen molar-refractivity contribution in [2.75, 3.05) is 0 Å². The van der Waals surface area contributed by atoms with Crippen molar-refractivity contribution in [2.24, 2.45) is 0 Å². The van der Waals surface area contributed by atoms with Gasteiger partial charge in [-0.15, -0.1) is 0 Å². The van der Waals surface area contributed by atoms with Crippen molar-refractivity contribution in [3.63, 3.8) is 0 Å². The fourth-order valence-electron chi connectivity index (χ4n) is 3.30. The van der Waals surface area contributed by atoms with E-state index < -0.39 is 43.1 Å². The molecule has 4 atom stereocenters. The Morgan fingerprint density at radius 1 is 0.769 bits per heavy atom. The van der Waals surface area contributed by atoms with Crippen LogP contribution in [0.3, 0.4) is 0 Å². The van der Waals surface area contributed by atoms with E-state index in [0.717, 1.165) is 0 Å². The third kappa shape index (κ3) is 9.62. The number of alkyl halides is 6. The number of halogens is 6. The zero-order valence-electron chi connectivity index (χ0n) is 23.1. The molecule has 0 aliphatic carbocycles. The first kappa shape index (κ1) is 35.1. The monoisotopic (exact) mass is 573 g/mol. The van der Waals surface area contributed by atoms with E-state index >= 15 is 0 Å². The van der Waals surface area contributed by atoms with Crippen LogP contribution in [0.2, 0.25) is 0 Å². The third-order valence-electron chi connectivity index (χ3n) is 5.90. The van der Waals surface area contributed by atoms with Crippen LogP contribution in [-0.2, 0) is 12.4 Å². The van der Waals surface area contributed by atoms with Gasteiger partial charge in [0.05, 0.1) is 34.7 Å². The van der Waals surface area contributed by atoms with Gasteiger partial charge in [0, 0.05) is 17.7 Å². The summed E-state index contributed by atoms with van der Waals surface area (Å²) in [5.74, 6) is 0.579. The number of carbonyl (C=O) groups excluding carboxylic acids is 1. The quantitative estimate of drug-likeness (QED) is 0.194. The predicted molar refractivity (Wildman–Crippen MR) is 136 cm³/mol. The zero-order chi connectivity index (χ0) is 28.8. The van der Waals surface area contributed by atoms with Crippen molar-refractivity contribution < 1.29 is 64.2 Å². The molecule has 0 aliphatic heterocycles. The maximum Gasteiger partial charge on any atom is 1.00 e. The van der Waals surface area contributed by atoms with Crippen LogP contribution in [-0.4, -0.2) is 23.8 Å². The van der Waals surface area contributed by atoms with Gasteiger partial charge in [-0.05, 0) is 60.7 Å². The standard InChI is InChI=1S/C27H33F6O4P.Li/c1-7-15(4)35-18-13-21(36-16(5)8-2)24(22(14-18)37-17(6)9-3)38-25(34)23-19(26(28,29)30)11-10-12-20(23)27(31,32)33;/h10-17,38H,7-9H2,1-6H3;/q;+1. The SMILES string of the molecule is CCC(C)Oc1cc(OC(C)CC)c(PC(=O)c2c(C(F)(F)F)cccc2C(F)(F)F)c(OC(C)CC)c1.[Li+]. The molecule has 2 rings (SSSR count). The summed E-state index contributed by atoms with van der Waals surface area (Å²) < 4.78 is 100. The van der Waals surface area contributed by atoms with Gasteiger partial charge in [-0.25, -0.2) is 0 Å². The Kier molecular flexibility index (Phi) is 13.2. The topological polar surface area (TPSA) is 44.8 Å². The minimum atomic E-state index is -5.17. The van der Waals surface area contributed by atoms with Crippen LogP contribution in [0.5, 0.6) is 17.2 Å². The first-order chi connectivity index (χ1) is 17.6. The van der Waals surface area contributed by atoms with Gasteiger partial charge >= 0.3 is 31.2 Å². The van der Waals surface area contributed by atoms with Gasteiger partial charge in [0.2, 0.25) is 0 Å². The molecule has 0 bridgehead atoms. The minimum Gasteiger partial charge on any atom is -0.490 e. The predicted octanol–water partition coefficient (Wildman–Crippen LogP) is 5.40. The maximum absolute atomic E-state index is 13.7. The molecule has 0 aliphatic rings. The van der Waals surface area contributed by atoms with Crippen molar-refractivity contribution in [2.45, 2.75) is 91.5 Å². The molecule has 0 spiro atoms. The summed E-state index contributed by atoms with van der Waals surface area (Å²) in [6.07, 6.45) is -9.46. The second-order valence-corrected chi connectivity index (χ2v) is 10.2. The number of rotatable bonds is 12. The van der Waals surface area contributed by atoms with Crippen molar-refractivity contribution in [1.82, 2.24) is 0 Å². The second kappa shape index (κ2) is 14.7. The largest absolute Gasteiger partial charge is 1.00 e. The number of hydrogen-bond donors (Lipinski definition) is 0. The molecular formula is C27H33F6LiO4P+. The summed E-state index contributed by atoms with van der Waals surface area (Å²) in [6.45, 7) is 11.0. The van der Waals surface area contributed by atoms with Crippen LogP contribution in [0.25, 0.3) is 0 Å². The van der Waals surface area contributed by atoms with E-state index in [0.29, 0.717) is 43.2 Å². The molecule has 0 heterocycles. The molecular weight excluding hydrogens is 540 g/mol. The average molecular weight is 573 g/mol. The van der Waals surface area contributed by atoms with Crippen molar-refractivity contribution in [3.05, 3.63) is 47.0 Å².